The topological polar surface area (TPSA) is 102 Å². The van der Waals surface area contributed by atoms with Crippen LogP contribution in [0.2, 0.25) is 0 Å². The first kappa shape index (κ1) is 21.5. The van der Waals surface area contributed by atoms with Gasteiger partial charge in [0.1, 0.15) is 18.2 Å². The minimum absolute atomic E-state index is 0.183. The highest BCUT2D eigenvalue weighted by Crippen LogP contribution is 2.14. The lowest BCUT2D eigenvalue weighted by Crippen LogP contribution is -2.35. The summed E-state index contributed by atoms with van der Waals surface area (Å²) in [5.41, 5.74) is 0.589. The van der Waals surface area contributed by atoms with Crippen molar-refractivity contribution in [2.45, 2.75) is 24.8 Å². The Labute approximate surface area is 160 Å². The van der Waals surface area contributed by atoms with Crippen molar-refractivity contribution in [1.82, 2.24) is 4.72 Å². The molecule has 0 heterocycles. The zero-order valence-corrected chi connectivity index (χ0v) is 15.8. The van der Waals surface area contributed by atoms with Gasteiger partial charge in [-0.25, -0.2) is 17.2 Å². The second kappa shape index (κ2) is 8.89. The third kappa shape index (κ3) is 5.83. The molecule has 0 spiro atoms. The number of benzene rings is 2. The highest BCUT2D eigenvalue weighted by molar-refractivity contribution is 7.89. The molecule has 2 aromatic carbocycles. The Hall–Kier alpha value is -2.85. The molecule has 0 aromatic heterocycles. The summed E-state index contributed by atoms with van der Waals surface area (Å²) in [5.74, 6) is -2.99. The van der Waals surface area contributed by atoms with Crippen LogP contribution in [0.3, 0.4) is 0 Å². The summed E-state index contributed by atoms with van der Waals surface area (Å²) >= 11 is 0. The van der Waals surface area contributed by atoms with E-state index in [9.17, 15) is 26.8 Å². The maximum absolute atomic E-state index is 13.5. The molecule has 10 heteroatoms. The summed E-state index contributed by atoms with van der Waals surface area (Å²) in [6.45, 7) is 2.09. The van der Waals surface area contributed by atoms with Gasteiger partial charge in [0.15, 0.2) is 6.10 Å². The number of carbonyl (C=O) groups is 2. The van der Waals surface area contributed by atoms with Gasteiger partial charge in [0, 0.05) is 5.69 Å². The summed E-state index contributed by atoms with van der Waals surface area (Å²) in [4.78, 5) is 23.4. The minimum Gasteiger partial charge on any atom is -0.452 e. The summed E-state index contributed by atoms with van der Waals surface area (Å²) in [5, 5.41) is 2.38. The molecule has 0 unspecified atom stereocenters. The third-order valence-electron chi connectivity index (χ3n) is 3.63. The Bertz CT molecular complexity index is 995. The molecule has 0 aliphatic heterocycles. The number of anilines is 1. The molecular weight excluding hydrogens is 394 g/mol. The van der Waals surface area contributed by atoms with E-state index >= 15 is 0 Å². The lowest BCUT2D eigenvalue weighted by molar-refractivity contribution is -0.151. The maximum atomic E-state index is 13.5. The van der Waals surface area contributed by atoms with Crippen molar-refractivity contribution in [3.05, 3.63) is 59.7 Å². The molecule has 150 valence electrons. The maximum Gasteiger partial charge on any atom is 0.321 e. The Morgan fingerprint density at radius 1 is 1.14 bits per heavy atom. The smallest absolute Gasteiger partial charge is 0.321 e. The van der Waals surface area contributed by atoms with Gasteiger partial charge in [-0.2, -0.15) is 4.72 Å². The van der Waals surface area contributed by atoms with Crippen LogP contribution in [-0.4, -0.2) is 32.9 Å². The Morgan fingerprint density at radius 2 is 1.86 bits per heavy atom. The van der Waals surface area contributed by atoms with Gasteiger partial charge in [-0.15, -0.1) is 0 Å². The number of nitrogens with one attached hydrogen (secondary N) is 2. The molecule has 0 aliphatic carbocycles. The van der Waals surface area contributed by atoms with Crippen LogP contribution in [0.25, 0.3) is 0 Å². The lowest BCUT2D eigenvalue weighted by atomic mass is 10.2. The van der Waals surface area contributed by atoms with E-state index in [2.05, 4.69) is 5.32 Å². The normalized spacial score (nSPS) is 12.3. The van der Waals surface area contributed by atoms with Gasteiger partial charge in [-0.05, 0) is 49.7 Å². The lowest BCUT2D eigenvalue weighted by Gasteiger charge is -2.14. The van der Waals surface area contributed by atoms with Crippen LogP contribution in [0.5, 0.6) is 0 Å². The second-order valence-corrected chi connectivity index (χ2v) is 7.63. The molecule has 2 rings (SSSR count). The summed E-state index contributed by atoms with van der Waals surface area (Å²) in [6, 6.07) is 8.32. The van der Waals surface area contributed by atoms with Crippen molar-refractivity contribution >= 4 is 27.6 Å². The predicted octanol–water partition coefficient (Wildman–Crippen LogP) is 2.12. The van der Waals surface area contributed by atoms with E-state index in [1.165, 1.54) is 25.1 Å². The number of sulfonamides is 1. The number of aryl methyl sites for hydroxylation is 1. The third-order valence-corrected chi connectivity index (χ3v) is 5.03. The molecule has 2 aromatic rings. The predicted molar refractivity (Wildman–Crippen MR) is 96.9 cm³/mol. The van der Waals surface area contributed by atoms with E-state index in [0.29, 0.717) is 5.56 Å². The SMILES string of the molecule is Cc1ccc(NC(=O)[C@@H](C)OC(=O)CNS(=O)(=O)c2cccc(F)c2)cc1F. The fraction of sp³-hybridized carbons (Fsp3) is 0.222. The minimum atomic E-state index is -4.12. The van der Waals surface area contributed by atoms with E-state index in [-0.39, 0.29) is 10.6 Å². The number of rotatable bonds is 7. The Balaban J connectivity index is 1.89. The monoisotopic (exact) mass is 412 g/mol. The molecule has 0 radical (unpaired) electrons. The van der Waals surface area contributed by atoms with Crippen molar-refractivity contribution in [2.24, 2.45) is 0 Å². The van der Waals surface area contributed by atoms with E-state index in [1.54, 1.807) is 6.92 Å². The fourth-order valence-corrected chi connectivity index (χ4v) is 3.08. The van der Waals surface area contributed by atoms with Crippen molar-refractivity contribution in [2.75, 3.05) is 11.9 Å². The number of amides is 1. The van der Waals surface area contributed by atoms with Gasteiger partial charge in [-0.3, -0.25) is 9.59 Å². The number of halogens is 2. The quantitative estimate of drug-likeness (QED) is 0.679. The molecule has 0 aliphatic rings. The molecule has 0 bridgehead atoms. The van der Waals surface area contributed by atoms with Gasteiger partial charge in [0.05, 0.1) is 4.90 Å². The van der Waals surface area contributed by atoms with Crippen molar-refractivity contribution in [1.29, 1.82) is 0 Å². The zero-order chi connectivity index (χ0) is 20.9. The highest BCUT2D eigenvalue weighted by atomic mass is 32.2. The Morgan fingerprint density at radius 3 is 2.50 bits per heavy atom. The van der Waals surface area contributed by atoms with Crippen LogP contribution in [0.1, 0.15) is 12.5 Å². The van der Waals surface area contributed by atoms with Gasteiger partial charge in [0.25, 0.3) is 5.91 Å². The van der Waals surface area contributed by atoms with Crippen molar-refractivity contribution in [3.63, 3.8) is 0 Å². The molecule has 1 atom stereocenters. The summed E-state index contributed by atoms with van der Waals surface area (Å²) in [7, 11) is -4.12. The van der Waals surface area contributed by atoms with E-state index in [0.717, 1.165) is 24.3 Å². The molecule has 0 fully saturated rings. The average Bonchev–Trinajstić information content (AvgIpc) is 2.63. The number of hydrogen-bond acceptors (Lipinski definition) is 5. The van der Waals surface area contributed by atoms with Crippen LogP contribution >= 0.6 is 0 Å². The van der Waals surface area contributed by atoms with Gasteiger partial charge in [0.2, 0.25) is 10.0 Å². The number of hydrogen-bond donors (Lipinski definition) is 2. The molecular formula is C18H18F2N2O5S. The van der Waals surface area contributed by atoms with Crippen LogP contribution in [-0.2, 0) is 24.3 Å². The molecule has 0 saturated heterocycles. The second-order valence-electron chi connectivity index (χ2n) is 5.87. The fourth-order valence-electron chi connectivity index (χ4n) is 2.08. The molecule has 7 nitrogen and oxygen atoms in total. The largest absolute Gasteiger partial charge is 0.452 e. The number of esters is 1. The Kier molecular flexibility index (Phi) is 6.81. The first-order valence-electron chi connectivity index (χ1n) is 8.10. The first-order valence-corrected chi connectivity index (χ1v) is 9.58. The number of carbonyl (C=O) groups excluding carboxylic acids is 2. The van der Waals surface area contributed by atoms with Crippen LogP contribution in [0.4, 0.5) is 14.5 Å². The zero-order valence-electron chi connectivity index (χ0n) is 15.0. The van der Waals surface area contributed by atoms with Gasteiger partial charge in [-0.1, -0.05) is 12.1 Å². The van der Waals surface area contributed by atoms with Gasteiger partial charge < -0.3 is 10.1 Å². The van der Waals surface area contributed by atoms with E-state index in [4.69, 9.17) is 4.74 Å². The van der Waals surface area contributed by atoms with Crippen LogP contribution in [0, 0.1) is 18.6 Å². The number of ether oxygens (including phenoxy) is 1. The van der Waals surface area contributed by atoms with E-state index in [1.807, 2.05) is 4.72 Å². The van der Waals surface area contributed by atoms with Crippen LogP contribution < -0.4 is 10.0 Å². The summed E-state index contributed by atoms with van der Waals surface area (Å²) < 4.78 is 57.4. The molecule has 1 amide bonds. The molecule has 28 heavy (non-hydrogen) atoms. The summed E-state index contributed by atoms with van der Waals surface area (Å²) in [6.07, 6.45) is -1.25. The molecule has 2 N–H and O–H groups in total. The molecule has 0 saturated carbocycles. The average molecular weight is 412 g/mol. The van der Waals surface area contributed by atoms with Crippen molar-refractivity contribution < 1.29 is 31.5 Å². The standard InChI is InChI=1S/C18H18F2N2O5S/c1-11-6-7-14(9-16(11)20)22-18(24)12(2)27-17(23)10-21-28(25,26)15-5-3-4-13(19)8-15/h3-9,12,21H,10H2,1-2H3,(H,22,24)/t12-/m1/s1. The van der Waals surface area contributed by atoms with E-state index < -0.39 is 46.2 Å². The van der Waals surface area contributed by atoms with Gasteiger partial charge >= 0.3 is 5.97 Å². The van der Waals surface area contributed by atoms with Crippen LogP contribution in [0.15, 0.2) is 47.4 Å². The van der Waals surface area contributed by atoms with Crippen molar-refractivity contribution in [3.8, 4) is 0 Å². The highest BCUT2D eigenvalue weighted by Gasteiger charge is 2.21. The first-order chi connectivity index (χ1) is 13.1.